The van der Waals surface area contributed by atoms with Crippen LogP contribution in [0.4, 0.5) is 4.79 Å². The summed E-state index contributed by atoms with van der Waals surface area (Å²) in [5.74, 6) is -1.23. The van der Waals surface area contributed by atoms with Gasteiger partial charge < -0.3 is 38.8 Å². The highest BCUT2D eigenvalue weighted by Gasteiger charge is 2.58. The second kappa shape index (κ2) is 12.8. The fourth-order valence-electron chi connectivity index (χ4n) is 4.96. The number of aromatic nitrogens is 2. The Kier molecular flexibility index (Phi) is 9.56. The number of nitrogens with one attached hydrogen (secondary N) is 1. The van der Waals surface area contributed by atoms with Crippen LogP contribution in [-0.4, -0.2) is 54.5 Å². The summed E-state index contributed by atoms with van der Waals surface area (Å²) in [6, 6.07) is 19.4. The standard InChI is InChI=1S/C30H32N4O6S.HI/c1-30(2,3)40-29(37)31-23-26(35)34-24(22(19-41(38)27(23)34)18-33-17-11-16-32(33)4)28(36)39-25(20-12-7-5-8-13-20)21-14-9-6-10-15-21;/h5-17,23,25,27H,18-19H2,1-4H3;1H/t23-,27-,41?;/m1./s1. The van der Waals surface area contributed by atoms with E-state index in [0.717, 1.165) is 11.1 Å². The van der Waals surface area contributed by atoms with Crippen molar-refractivity contribution in [3.05, 3.63) is 102 Å². The molecule has 0 saturated carbocycles. The molecular formula is C30H33IN4O6S. The number of carbonyl (C=O) groups is 3. The van der Waals surface area contributed by atoms with Crippen LogP contribution in [-0.2, 0) is 43.5 Å². The summed E-state index contributed by atoms with van der Waals surface area (Å²) < 4.78 is 28.6. The first-order chi connectivity index (χ1) is 19.5. The van der Waals surface area contributed by atoms with E-state index in [2.05, 4.69) is 5.32 Å². The zero-order valence-corrected chi connectivity index (χ0v) is 26.7. The quantitative estimate of drug-likeness (QED) is 0.157. The Hall–Kier alpha value is -3.52. The number of fused-ring (bicyclic) bond motifs is 1. The summed E-state index contributed by atoms with van der Waals surface area (Å²) in [6.07, 6.45) is 2.14. The van der Waals surface area contributed by atoms with Gasteiger partial charge in [0.1, 0.15) is 29.3 Å². The van der Waals surface area contributed by atoms with Crippen molar-refractivity contribution in [2.24, 2.45) is 7.05 Å². The van der Waals surface area contributed by atoms with Crippen LogP contribution in [0.2, 0.25) is 0 Å². The molecule has 2 amide bonds. The summed E-state index contributed by atoms with van der Waals surface area (Å²) in [5.41, 5.74) is 1.30. The van der Waals surface area contributed by atoms with E-state index in [0.29, 0.717) is 5.57 Å². The maximum Gasteiger partial charge on any atom is 0.408 e. The second-order valence-corrected chi connectivity index (χ2v) is 12.5. The molecule has 12 heteroatoms. The first-order valence-corrected chi connectivity index (χ1v) is 14.7. The van der Waals surface area contributed by atoms with Crippen molar-refractivity contribution in [3.63, 3.8) is 0 Å². The van der Waals surface area contributed by atoms with Crippen molar-refractivity contribution >= 4 is 28.8 Å². The number of amides is 2. The predicted molar refractivity (Wildman–Crippen MR) is 150 cm³/mol. The van der Waals surface area contributed by atoms with E-state index < -0.39 is 51.9 Å². The summed E-state index contributed by atoms with van der Waals surface area (Å²) in [5, 5.41) is 1.62. The van der Waals surface area contributed by atoms with E-state index in [-0.39, 0.29) is 42.0 Å². The molecular weight excluding hydrogens is 671 g/mol. The lowest BCUT2D eigenvalue weighted by atomic mass is 10.0. The summed E-state index contributed by atoms with van der Waals surface area (Å²) in [6.45, 7) is 5.35. The molecule has 0 spiro atoms. The van der Waals surface area contributed by atoms with E-state index in [1.54, 1.807) is 20.8 Å². The van der Waals surface area contributed by atoms with E-state index in [1.807, 2.05) is 95.5 Å². The van der Waals surface area contributed by atoms with Gasteiger partial charge in [-0.25, -0.2) is 9.59 Å². The van der Waals surface area contributed by atoms with E-state index in [4.69, 9.17) is 9.47 Å². The van der Waals surface area contributed by atoms with Gasteiger partial charge in [-0.2, -0.15) is 4.68 Å². The average Bonchev–Trinajstić information content (AvgIpc) is 3.34. The van der Waals surface area contributed by atoms with Gasteiger partial charge >= 0.3 is 12.1 Å². The van der Waals surface area contributed by atoms with Crippen LogP contribution in [0.5, 0.6) is 0 Å². The molecule has 0 aliphatic carbocycles. The normalized spacial score (nSPS) is 19.9. The number of β-lactam (4-membered cyclic amide) rings is 1. The highest BCUT2D eigenvalue weighted by Crippen LogP contribution is 2.37. The molecule has 42 heavy (non-hydrogen) atoms. The third-order valence-corrected chi connectivity index (χ3v) is 8.47. The molecule has 2 aliphatic rings. The van der Waals surface area contributed by atoms with Crippen LogP contribution in [0.25, 0.3) is 0 Å². The summed E-state index contributed by atoms with van der Waals surface area (Å²) in [7, 11) is 0.253. The van der Waals surface area contributed by atoms with Crippen molar-refractivity contribution in [1.29, 1.82) is 0 Å². The number of halogens is 1. The van der Waals surface area contributed by atoms with Crippen LogP contribution in [0.3, 0.4) is 0 Å². The van der Waals surface area contributed by atoms with Gasteiger partial charge in [-0.15, -0.1) is 4.68 Å². The SMILES string of the molecule is C[n+]1cccn1CC1=C(C(=O)OC(c2ccccc2)c2ccccc2)N2C(=O)[C@@H](NC(=O)OC(C)(C)C)[C@H]2S(=O)C1.[I-]. The van der Waals surface area contributed by atoms with Crippen molar-refractivity contribution in [3.8, 4) is 0 Å². The number of hydrogen-bond acceptors (Lipinski definition) is 6. The Morgan fingerprint density at radius 1 is 1.05 bits per heavy atom. The van der Waals surface area contributed by atoms with E-state index in [1.165, 1.54) is 4.90 Å². The molecule has 0 bridgehead atoms. The topological polar surface area (TPSA) is 111 Å². The van der Waals surface area contributed by atoms with Gasteiger partial charge in [-0.05, 0) is 37.5 Å². The molecule has 10 nitrogen and oxygen atoms in total. The molecule has 5 rings (SSSR count). The number of esters is 1. The number of nitrogens with zero attached hydrogens (tertiary/aromatic N) is 3. The van der Waals surface area contributed by atoms with E-state index in [9.17, 15) is 18.6 Å². The van der Waals surface area contributed by atoms with Gasteiger partial charge in [0.25, 0.3) is 5.91 Å². The minimum Gasteiger partial charge on any atom is -1.00 e. The number of rotatable bonds is 7. The fourth-order valence-corrected chi connectivity index (χ4v) is 6.63. The van der Waals surface area contributed by atoms with Crippen LogP contribution < -0.4 is 34.0 Å². The monoisotopic (exact) mass is 704 g/mol. The lowest BCUT2D eigenvalue weighted by Gasteiger charge is -2.49. The van der Waals surface area contributed by atoms with Crippen LogP contribution in [0, 0.1) is 0 Å². The van der Waals surface area contributed by atoms with Crippen molar-refractivity contribution in [2.45, 2.75) is 50.4 Å². The van der Waals surface area contributed by atoms with Crippen LogP contribution in [0.1, 0.15) is 38.0 Å². The molecule has 1 unspecified atom stereocenters. The van der Waals surface area contributed by atoms with Gasteiger partial charge in [-0.1, -0.05) is 60.7 Å². The number of hydrogen-bond donors (Lipinski definition) is 1. The number of carbonyl (C=O) groups excluding carboxylic acids is 3. The maximum absolute atomic E-state index is 14.0. The molecule has 2 aromatic carbocycles. The van der Waals surface area contributed by atoms with Gasteiger partial charge in [0, 0.05) is 6.07 Å². The molecule has 2 aliphatic heterocycles. The van der Waals surface area contributed by atoms with Crippen molar-refractivity contribution in [1.82, 2.24) is 14.9 Å². The Bertz CT molecular complexity index is 1480. The number of aryl methyl sites for hydroxylation is 1. The van der Waals surface area contributed by atoms with Crippen LogP contribution >= 0.6 is 0 Å². The molecule has 0 radical (unpaired) electrons. The molecule has 1 aromatic heterocycles. The Morgan fingerprint density at radius 3 is 2.17 bits per heavy atom. The molecule has 3 atom stereocenters. The Labute approximate surface area is 264 Å². The highest BCUT2D eigenvalue weighted by atomic mass is 127. The minimum atomic E-state index is -1.59. The smallest absolute Gasteiger partial charge is 0.408 e. The molecule has 1 saturated heterocycles. The number of ether oxygens (including phenoxy) is 2. The number of benzene rings is 2. The molecule has 1 fully saturated rings. The Balaban J connectivity index is 0.00000405. The lowest BCUT2D eigenvalue weighted by Crippen LogP contribution is -3.00. The zero-order chi connectivity index (χ0) is 29.3. The number of alkyl carbamates (subject to hydrolysis) is 1. The maximum atomic E-state index is 14.0. The molecule has 222 valence electrons. The van der Waals surface area contributed by atoms with Gasteiger partial charge in [0.05, 0.1) is 22.7 Å². The third kappa shape index (κ3) is 6.59. The lowest BCUT2D eigenvalue weighted by molar-refractivity contribution is -0.752. The van der Waals surface area contributed by atoms with E-state index >= 15 is 0 Å². The van der Waals surface area contributed by atoms with Crippen molar-refractivity contribution in [2.75, 3.05) is 5.75 Å². The Morgan fingerprint density at radius 2 is 1.64 bits per heavy atom. The molecule has 1 N–H and O–H groups in total. The van der Waals surface area contributed by atoms with Crippen molar-refractivity contribution < 1.29 is 56.7 Å². The first kappa shape index (κ1) is 31.4. The van der Waals surface area contributed by atoms with Gasteiger partial charge in [0.15, 0.2) is 19.3 Å². The van der Waals surface area contributed by atoms with Gasteiger partial charge in [0.2, 0.25) is 0 Å². The molecule has 3 heterocycles. The largest absolute Gasteiger partial charge is 1.00 e. The van der Waals surface area contributed by atoms with Crippen LogP contribution in [0.15, 0.2) is 90.4 Å². The average molecular weight is 705 g/mol. The summed E-state index contributed by atoms with van der Waals surface area (Å²) in [4.78, 5) is 41.2. The second-order valence-electron chi connectivity index (χ2n) is 11.0. The van der Waals surface area contributed by atoms with Gasteiger partial charge in [-0.3, -0.25) is 13.9 Å². The zero-order valence-electron chi connectivity index (χ0n) is 23.7. The first-order valence-electron chi connectivity index (χ1n) is 13.3. The minimum absolute atomic E-state index is 0. The predicted octanol–water partition coefficient (Wildman–Crippen LogP) is -0.273. The highest BCUT2D eigenvalue weighted by molar-refractivity contribution is 7.86. The fraction of sp³-hybridized carbons (Fsp3) is 0.333. The third-order valence-electron chi connectivity index (χ3n) is 6.82. The summed E-state index contributed by atoms with van der Waals surface area (Å²) >= 11 is 0. The molecule has 3 aromatic rings.